The number of thiophene rings is 2. The Morgan fingerprint density at radius 2 is 0.564 bits per heavy atom. The number of aromatic nitrogens is 4. The summed E-state index contributed by atoms with van der Waals surface area (Å²) < 4.78 is 21.6. The summed E-state index contributed by atoms with van der Waals surface area (Å²) in [5, 5.41) is 0. The van der Waals surface area contributed by atoms with Crippen LogP contribution in [0.3, 0.4) is 0 Å². The Morgan fingerprint density at radius 1 is 0.266 bits per heavy atom. The average Bonchev–Trinajstić information content (AvgIpc) is 1.52. The molecule has 94 heavy (non-hydrogen) atoms. The van der Waals surface area contributed by atoms with E-state index in [9.17, 15) is 0 Å². The number of rotatable bonds is 41. The summed E-state index contributed by atoms with van der Waals surface area (Å²) in [4.78, 5) is 6.10. The lowest BCUT2D eigenvalue weighted by Crippen LogP contribution is -2.27. The maximum Gasteiger partial charge on any atom is 0.114 e. The van der Waals surface area contributed by atoms with Gasteiger partial charge in [0, 0.05) is 57.9 Å². The number of aryl methyl sites for hydroxylation is 2. The van der Waals surface area contributed by atoms with Gasteiger partial charge in [-0.25, -0.2) is 0 Å². The van der Waals surface area contributed by atoms with Gasteiger partial charge >= 0.3 is 0 Å². The first kappa shape index (κ1) is 69.8. The Bertz CT molecular complexity index is 3790. The van der Waals surface area contributed by atoms with Gasteiger partial charge in [-0.15, -0.1) is 22.7 Å². The second-order valence-corrected chi connectivity index (χ2v) is 33.9. The van der Waals surface area contributed by atoms with Crippen LogP contribution in [-0.4, -0.2) is 17.5 Å². The van der Waals surface area contributed by atoms with Crippen LogP contribution in [0.4, 0.5) is 0 Å². The highest BCUT2D eigenvalue weighted by Crippen LogP contribution is 2.67. The molecule has 0 fully saturated rings. The fourth-order valence-electron chi connectivity index (χ4n) is 19.3. The first-order valence-electron chi connectivity index (χ1n) is 39.3. The molecule has 0 aliphatic heterocycles. The monoisotopic (exact) mass is 1330 g/mol. The lowest BCUT2D eigenvalue weighted by Gasteiger charge is -2.35. The molecule has 0 unspecified atom stereocenters. The quantitative estimate of drug-likeness (QED) is 0.0358. The zero-order chi connectivity index (χ0) is 65.5. The molecule has 506 valence electrons. The van der Waals surface area contributed by atoms with Crippen molar-refractivity contribution in [1.29, 1.82) is 0 Å². The Labute approximate surface area is 586 Å². The second-order valence-electron chi connectivity index (χ2n) is 30.5. The summed E-state index contributed by atoms with van der Waals surface area (Å²) in [5.41, 5.74) is 28.8. The number of hydrogen-bond acceptors (Lipinski definition) is 8. The van der Waals surface area contributed by atoms with Gasteiger partial charge in [0.05, 0.1) is 23.5 Å². The van der Waals surface area contributed by atoms with Crippen molar-refractivity contribution < 1.29 is 0 Å². The maximum atomic E-state index is 5.63. The van der Waals surface area contributed by atoms with Crippen LogP contribution in [0, 0.1) is 13.8 Å². The molecule has 0 atom stereocenters. The number of unbranched alkanes of at least 4 members (excludes halogenated alkanes) is 24. The highest BCUT2D eigenvalue weighted by Gasteiger charge is 2.52. The molecule has 0 saturated carbocycles. The van der Waals surface area contributed by atoms with Crippen molar-refractivity contribution in [2.24, 2.45) is 0 Å². The van der Waals surface area contributed by atoms with Gasteiger partial charge in [0.25, 0.3) is 0 Å². The van der Waals surface area contributed by atoms with Crippen molar-refractivity contribution in [1.82, 2.24) is 17.5 Å². The van der Waals surface area contributed by atoms with Crippen molar-refractivity contribution >= 4 is 68.2 Å². The second kappa shape index (κ2) is 31.4. The summed E-state index contributed by atoms with van der Waals surface area (Å²) in [6.45, 7) is 23.8. The van der Waals surface area contributed by atoms with Crippen LogP contribution in [0.15, 0.2) is 48.5 Å². The molecule has 12 rings (SSSR count). The highest BCUT2D eigenvalue weighted by molar-refractivity contribution is 7.19. The van der Waals surface area contributed by atoms with E-state index in [1.807, 2.05) is 0 Å². The van der Waals surface area contributed by atoms with E-state index >= 15 is 0 Å². The zero-order valence-electron chi connectivity index (χ0n) is 60.3. The minimum Gasteiger partial charge on any atom is -0.173 e. The number of fused-ring (bicyclic) bond motifs is 16. The van der Waals surface area contributed by atoms with Crippen LogP contribution >= 0.6 is 46.1 Å². The van der Waals surface area contributed by atoms with Gasteiger partial charge in [-0.2, -0.15) is 17.5 Å². The van der Waals surface area contributed by atoms with E-state index in [1.54, 1.807) is 65.4 Å². The number of benzene rings is 4. The summed E-state index contributed by atoms with van der Waals surface area (Å²) in [6, 6.07) is 22.2. The van der Waals surface area contributed by atoms with Crippen molar-refractivity contribution in [3.05, 3.63) is 103 Å². The minimum absolute atomic E-state index is 0.0299. The van der Waals surface area contributed by atoms with Gasteiger partial charge < -0.3 is 0 Å². The third kappa shape index (κ3) is 12.8. The van der Waals surface area contributed by atoms with Crippen molar-refractivity contribution in [2.45, 2.75) is 348 Å². The molecule has 8 aromatic rings. The molecule has 4 aromatic carbocycles. The smallest absolute Gasteiger partial charge is 0.114 e. The molecule has 8 heteroatoms. The molecule has 0 spiro atoms. The van der Waals surface area contributed by atoms with Crippen molar-refractivity contribution in [2.75, 3.05) is 0 Å². The lowest BCUT2D eigenvalue weighted by atomic mass is 9.68. The molecule has 4 nitrogen and oxygen atoms in total. The normalized spacial score (nSPS) is 15.5. The van der Waals surface area contributed by atoms with E-state index in [4.69, 9.17) is 17.5 Å². The fourth-order valence-corrected chi connectivity index (χ4v) is 22.9. The van der Waals surface area contributed by atoms with Gasteiger partial charge in [0.2, 0.25) is 0 Å². The van der Waals surface area contributed by atoms with Gasteiger partial charge in [0.1, 0.15) is 22.1 Å². The fraction of sp³-hybridized carbons (Fsp3) is 0.628. The highest BCUT2D eigenvalue weighted by atomic mass is 32.1. The number of hydrogen-bond donors (Lipinski definition) is 0. The molecule has 4 aliphatic rings. The van der Waals surface area contributed by atoms with Gasteiger partial charge in [-0.1, -0.05) is 267 Å². The molecule has 0 bridgehead atoms. The zero-order valence-corrected chi connectivity index (χ0v) is 63.6. The van der Waals surface area contributed by atoms with Gasteiger partial charge in [-0.05, 0) is 180 Å². The Morgan fingerprint density at radius 3 is 0.957 bits per heavy atom. The third-order valence-corrected chi connectivity index (χ3v) is 27.6. The Hall–Kier alpha value is -4.08. The molecule has 0 N–H and O–H groups in total. The van der Waals surface area contributed by atoms with E-state index in [-0.39, 0.29) is 21.7 Å². The van der Waals surface area contributed by atoms with E-state index in [2.05, 4.69) is 140 Å². The summed E-state index contributed by atoms with van der Waals surface area (Å²) in [5.74, 6) is 0. The summed E-state index contributed by atoms with van der Waals surface area (Å²) in [7, 11) is 0. The summed E-state index contributed by atoms with van der Waals surface area (Å²) in [6.07, 6.45) is 50.7. The minimum atomic E-state index is -0.156. The van der Waals surface area contributed by atoms with E-state index in [0.717, 1.165) is 34.9 Å². The molecule has 4 aromatic heterocycles. The SMILES string of the molecule is CCCCCCC1(CCCCCC)c2cc3c(cc2-c2sc(C)cc21)C(CCCCCC)(CCCCCC)c1cc(-c2cc4c(c5nsnc25)-c2cc5c(cc2C4(CCCCCC)CCCCCC)-c2c(cc(C)c4nsnc24)C5(CCCCCC)CCCCCC)sc1-3. The predicted octanol–water partition coefficient (Wildman–Crippen LogP) is 28.9. The van der Waals surface area contributed by atoms with E-state index in [1.165, 1.54) is 311 Å². The molecular formula is C86H118N4S4. The van der Waals surface area contributed by atoms with Crippen molar-refractivity contribution in [3.63, 3.8) is 0 Å². The number of nitrogens with zero attached hydrogens (tertiary/aromatic N) is 4. The first-order chi connectivity index (χ1) is 46.1. The van der Waals surface area contributed by atoms with Crippen LogP contribution in [0.25, 0.3) is 75.6 Å². The first-order valence-corrected chi connectivity index (χ1v) is 42.4. The maximum absolute atomic E-state index is 5.63. The Balaban J connectivity index is 1.09. The molecule has 4 aliphatic carbocycles. The van der Waals surface area contributed by atoms with Crippen LogP contribution in [0.2, 0.25) is 0 Å². The van der Waals surface area contributed by atoms with Gasteiger partial charge in [0.15, 0.2) is 0 Å². The third-order valence-electron chi connectivity index (χ3n) is 24.2. The Kier molecular flexibility index (Phi) is 23.3. The molecule has 0 amide bonds. The average molecular weight is 1340 g/mol. The van der Waals surface area contributed by atoms with E-state index in [0.29, 0.717) is 0 Å². The summed E-state index contributed by atoms with van der Waals surface area (Å²) >= 11 is 7.15. The molecule has 0 radical (unpaired) electrons. The van der Waals surface area contributed by atoms with Crippen LogP contribution in [0.5, 0.6) is 0 Å². The molecule has 0 saturated heterocycles. The largest absolute Gasteiger partial charge is 0.173 e. The van der Waals surface area contributed by atoms with Crippen LogP contribution < -0.4 is 0 Å². The predicted molar refractivity (Wildman–Crippen MR) is 414 cm³/mol. The van der Waals surface area contributed by atoms with Crippen LogP contribution in [-0.2, 0) is 21.7 Å². The van der Waals surface area contributed by atoms with Gasteiger partial charge in [-0.3, -0.25) is 0 Å². The van der Waals surface area contributed by atoms with Crippen LogP contribution in [0.1, 0.15) is 367 Å². The molecule has 4 heterocycles. The standard InChI is InChI=1S/C86H118N4S4/c1-11-19-27-35-43-83(44-36-28-20-12-2)66-54-62-67(53-61(66)75-70(83)51-59(9)77-79(75)89-93-87-77)84(45-37-29-21-13-3,46-38-30-22-14-4)71-57-65(78-80(76(62)71)90-94-88-78)74-58-73-82(92-74)64-56-68-63(55-69(64)86(73,49-41-33-25-17-7)50-42-34-26-18-8)81-72(52-60(10)91-81)85(68,47-39-31-23-15-5)48-40-32-24-16-6/h51-58H,11-50H2,1-10H3. The van der Waals surface area contributed by atoms with E-state index < -0.39 is 0 Å². The van der Waals surface area contributed by atoms with Crippen molar-refractivity contribution in [3.8, 4) is 53.6 Å². The molecular weight excluding hydrogens is 1220 g/mol. The lowest BCUT2D eigenvalue weighted by molar-refractivity contribution is 0.397. The topological polar surface area (TPSA) is 51.6 Å².